The maximum absolute atomic E-state index is 12.1. The molecule has 1 aromatic heterocycles. The fourth-order valence-electron chi connectivity index (χ4n) is 3.46. The van der Waals surface area contributed by atoms with Gasteiger partial charge in [0.2, 0.25) is 0 Å². The summed E-state index contributed by atoms with van der Waals surface area (Å²) in [5, 5.41) is 5.25. The van der Waals surface area contributed by atoms with Gasteiger partial charge in [0.1, 0.15) is 0 Å². The van der Waals surface area contributed by atoms with Crippen LogP contribution in [0.3, 0.4) is 0 Å². The largest absolute Gasteiger partial charge is 0.452 e. The summed E-state index contributed by atoms with van der Waals surface area (Å²) < 4.78 is 6.98. The number of ether oxygens (including phenoxy) is 1. The summed E-state index contributed by atoms with van der Waals surface area (Å²) in [6.07, 6.45) is 6.20. The first kappa shape index (κ1) is 21.1. The number of aryl methyl sites for hydroxylation is 1. The lowest BCUT2D eigenvalue weighted by Crippen LogP contribution is -2.38. The zero-order valence-electron chi connectivity index (χ0n) is 16.9. The van der Waals surface area contributed by atoms with Crippen molar-refractivity contribution < 1.29 is 14.3 Å². The topological polar surface area (TPSA) is 64.4 Å². The molecule has 0 bridgehead atoms. The van der Waals surface area contributed by atoms with Crippen LogP contribution in [-0.2, 0) is 20.9 Å². The molecule has 0 saturated carbocycles. The predicted molar refractivity (Wildman–Crippen MR) is 113 cm³/mol. The SMILES string of the molecule is Cc1nn(Cc2ccccc2Cl)c(C)c1/C=C/C(=O)OCC(=O)N1CCCCC1. The smallest absolute Gasteiger partial charge is 0.331 e. The third kappa shape index (κ3) is 5.48. The molecule has 1 amide bonds. The number of likely N-dealkylation sites (tertiary alicyclic amines) is 1. The van der Waals surface area contributed by atoms with Crippen molar-refractivity contribution in [3.8, 4) is 0 Å². The lowest BCUT2D eigenvalue weighted by molar-refractivity contribution is -0.148. The van der Waals surface area contributed by atoms with Crippen molar-refractivity contribution in [1.29, 1.82) is 0 Å². The number of carbonyl (C=O) groups is 2. The van der Waals surface area contributed by atoms with Gasteiger partial charge in [-0.3, -0.25) is 9.48 Å². The van der Waals surface area contributed by atoms with Crippen molar-refractivity contribution in [3.63, 3.8) is 0 Å². The summed E-state index contributed by atoms with van der Waals surface area (Å²) in [4.78, 5) is 25.9. The van der Waals surface area contributed by atoms with Crippen LogP contribution < -0.4 is 0 Å². The van der Waals surface area contributed by atoms with Crippen LogP contribution in [-0.4, -0.2) is 46.3 Å². The zero-order valence-corrected chi connectivity index (χ0v) is 17.6. The summed E-state index contributed by atoms with van der Waals surface area (Å²) >= 11 is 6.24. The predicted octanol–water partition coefficient (Wildman–Crippen LogP) is 3.77. The summed E-state index contributed by atoms with van der Waals surface area (Å²) in [5.74, 6) is -0.667. The molecule has 1 fully saturated rings. The highest BCUT2D eigenvalue weighted by Crippen LogP contribution is 2.20. The first-order chi connectivity index (χ1) is 14.0. The van der Waals surface area contributed by atoms with Crippen LogP contribution >= 0.6 is 11.6 Å². The van der Waals surface area contributed by atoms with Crippen molar-refractivity contribution in [3.05, 3.63) is 57.9 Å². The summed E-state index contributed by atoms with van der Waals surface area (Å²) in [7, 11) is 0. The Balaban J connectivity index is 1.60. The van der Waals surface area contributed by atoms with Crippen LogP contribution in [0.4, 0.5) is 0 Å². The quantitative estimate of drug-likeness (QED) is 0.532. The second kappa shape index (κ2) is 9.74. The normalized spacial score (nSPS) is 14.4. The average Bonchev–Trinajstić information content (AvgIpc) is 2.99. The van der Waals surface area contributed by atoms with E-state index in [1.807, 2.05) is 42.8 Å². The molecule has 0 atom stereocenters. The molecule has 0 radical (unpaired) electrons. The second-order valence-corrected chi connectivity index (χ2v) is 7.62. The number of carbonyl (C=O) groups excluding carboxylic acids is 2. The van der Waals surface area contributed by atoms with Gasteiger partial charge in [-0.2, -0.15) is 5.10 Å². The summed E-state index contributed by atoms with van der Waals surface area (Å²) in [6, 6.07) is 7.65. The van der Waals surface area contributed by atoms with Crippen LogP contribution in [0.1, 0.15) is 41.8 Å². The van der Waals surface area contributed by atoms with Crippen molar-refractivity contribution in [2.75, 3.05) is 19.7 Å². The van der Waals surface area contributed by atoms with E-state index in [1.165, 1.54) is 6.08 Å². The first-order valence-corrected chi connectivity index (χ1v) is 10.2. The Labute approximate surface area is 176 Å². The molecule has 0 unspecified atom stereocenters. The standard InChI is InChI=1S/C22H26ClN3O3/c1-16-19(17(2)26(24-16)14-18-8-4-5-9-20(18)23)10-11-22(28)29-15-21(27)25-12-6-3-7-13-25/h4-5,8-11H,3,6-7,12-15H2,1-2H3/b11-10+. The highest BCUT2D eigenvalue weighted by atomic mass is 35.5. The molecule has 2 aromatic rings. The van der Waals surface area contributed by atoms with Crippen LogP contribution in [0.2, 0.25) is 5.02 Å². The van der Waals surface area contributed by atoms with Gasteiger partial charge < -0.3 is 9.64 Å². The highest BCUT2D eigenvalue weighted by Gasteiger charge is 2.17. The number of amides is 1. The number of esters is 1. The van der Waals surface area contributed by atoms with E-state index < -0.39 is 5.97 Å². The third-order valence-corrected chi connectivity index (χ3v) is 5.52. The first-order valence-electron chi connectivity index (χ1n) is 9.85. The molecule has 3 rings (SSSR count). The fourth-order valence-corrected chi connectivity index (χ4v) is 3.66. The van der Waals surface area contributed by atoms with Gasteiger partial charge in [0.25, 0.3) is 5.91 Å². The number of hydrogen-bond donors (Lipinski definition) is 0. The molecule has 0 aliphatic carbocycles. The Morgan fingerprint density at radius 1 is 1.17 bits per heavy atom. The Bertz CT molecular complexity index is 914. The Kier molecular flexibility index (Phi) is 7.09. The average molecular weight is 416 g/mol. The summed E-state index contributed by atoms with van der Waals surface area (Å²) in [6.45, 7) is 5.66. The van der Waals surface area contributed by atoms with E-state index in [1.54, 1.807) is 11.0 Å². The van der Waals surface area contributed by atoms with E-state index in [4.69, 9.17) is 16.3 Å². The van der Waals surface area contributed by atoms with E-state index in [0.717, 1.165) is 54.9 Å². The highest BCUT2D eigenvalue weighted by molar-refractivity contribution is 6.31. The number of hydrogen-bond acceptors (Lipinski definition) is 4. The molecule has 0 spiro atoms. The number of benzene rings is 1. The van der Waals surface area contributed by atoms with Crippen LogP contribution in [0, 0.1) is 13.8 Å². The molecular formula is C22H26ClN3O3. The van der Waals surface area contributed by atoms with Gasteiger partial charge in [-0.15, -0.1) is 0 Å². The van der Waals surface area contributed by atoms with Gasteiger partial charge >= 0.3 is 5.97 Å². The van der Waals surface area contributed by atoms with Gasteiger partial charge in [-0.1, -0.05) is 29.8 Å². The van der Waals surface area contributed by atoms with Gasteiger partial charge in [-0.25, -0.2) is 4.79 Å². The van der Waals surface area contributed by atoms with Gasteiger partial charge in [0.05, 0.1) is 12.2 Å². The molecular weight excluding hydrogens is 390 g/mol. The van der Waals surface area contributed by atoms with Crippen molar-refractivity contribution in [1.82, 2.24) is 14.7 Å². The lowest BCUT2D eigenvalue weighted by Gasteiger charge is -2.26. The maximum Gasteiger partial charge on any atom is 0.331 e. The lowest BCUT2D eigenvalue weighted by atomic mass is 10.1. The Hall–Kier alpha value is -2.60. The van der Waals surface area contributed by atoms with E-state index in [0.29, 0.717) is 11.6 Å². The minimum Gasteiger partial charge on any atom is -0.452 e. The second-order valence-electron chi connectivity index (χ2n) is 7.22. The van der Waals surface area contributed by atoms with Crippen LogP contribution in [0.5, 0.6) is 0 Å². The molecule has 7 heteroatoms. The molecule has 0 N–H and O–H groups in total. The van der Waals surface area contributed by atoms with Crippen molar-refractivity contribution in [2.45, 2.75) is 39.7 Å². The monoisotopic (exact) mass is 415 g/mol. The van der Waals surface area contributed by atoms with Gasteiger partial charge in [0, 0.05) is 35.4 Å². The number of nitrogens with zero attached hydrogens (tertiary/aromatic N) is 3. The zero-order chi connectivity index (χ0) is 20.8. The van der Waals surface area contributed by atoms with Crippen LogP contribution in [0.25, 0.3) is 6.08 Å². The Morgan fingerprint density at radius 3 is 2.62 bits per heavy atom. The molecule has 154 valence electrons. The van der Waals surface area contributed by atoms with E-state index >= 15 is 0 Å². The van der Waals surface area contributed by atoms with E-state index in [2.05, 4.69) is 5.10 Å². The number of piperidine rings is 1. The Morgan fingerprint density at radius 2 is 1.90 bits per heavy atom. The minimum atomic E-state index is -0.534. The van der Waals surface area contributed by atoms with Crippen molar-refractivity contribution in [2.24, 2.45) is 0 Å². The van der Waals surface area contributed by atoms with Crippen molar-refractivity contribution >= 4 is 29.6 Å². The number of rotatable bonds is 6. The molecule has 2 heterocycles. The number of halogens is 1. The molecule has 1 aromatic carbocycles. The van der Waals surface area contributed by atoms with Gasteiger partial charge in [0.15, 0.2) is 6.61 Å². The fraction of sp³-hybridized carbons (Fsp3) is 0.409. The molecule has 1 aliphatic rings. The maximum atomic E-state index is 12.1. The van der Waals surface area contributed by atoms with E-state index in [-0.39, 0.29) is 12.5 Å². The molecule has 1 saturated heterocycles. The molecule has 29 heavy (non-hydrogen) atoms. The number of aromatic nitrogens is 2. The minimum absolute atomic E-state index is 0.133. The molecule has 6 nitrogen and oxygen atoms in total. The summed E-state index contributed by atoms with van der Waals surface area (Å²) in [5.41, 5.74) is 3.57. The molecule has 1 aliphatic heterocycles. The van der Waals surface area contributed by atoms with Crippen LogP contribution in [0.15, 0.2) is 30.3 Å². The van der Waals surface area contributed by atoms with E-state index in [9.17, 15) is 9.59 Å². The van der Waals surface area contributed by atoms with Gasteiger partial charge in [-0.05, 0) is 50.8 Å². The third-order valence-electron chi connectivity index (χ3n) is 5.15.